The fourth-order valence-electron chi connectivity index (χ4n) is 7.68. The topological polar surface area (TPSA) is 159 Å². The Kier molecular flexibility index (Phi) is 10.1. The Balaban J connectivity index is 0.000000174. The Morgan fingerprint density at radius 2 is 0.982 bits per heavy atom. The minimum atomic E-state index is -1.27. The molecule has 0 aliphatic heterocycles. The highest BCUT2D eigenvalue weighted by molar-refractivity contribution is 5.84. The maximum Gasteiger partial charge on any atom is 0.219 e. The second-order valence-electron chi connectivity index (χ2n) is 16.6. The molecule has 8 rings (SSSR count). The molecule has 11 heteroatoms. The molecule has 2 atom stereocenters. The van der Waals surface area contributed by atoms with E-state index in [0.717, 1.165) is 49.9 Å². The van der Waals surface area contributed by atoms with Crippen molar-refractivity contribution in [2.24, 2.45) is 24.9 Å². The predicted molar refractivity (Wildman–Crippen MR) is 229 cm³/mol. The van der Waals surface area contributed by atoms with Crippen molar-refractivity contribution in [3.63, 3.8) is 0 Å². The molecule has 0 bridgehead atoms. The van der Waals surface area contributed by atoms with Crippen molar-refractivity contribution in [2.75, 3.05) is 11.5 Å². The number of hydrogen-bond donors (Lipinski definition) is 3. The van der Waals surface area contributed by atoms with Crippen LogP contribution in [0.3, 0.4) is 0 Å². The second-order valence-corrected chi connectivity index (χ2v) is 16.6. The molecule has 0 amide bonds. The van der Waals surface area contributed by atoms with Crippen LogP contribution in [0, 0.1) is 10.8 Å². The number of para-hydroxylation sites is 2. The number of nitrogens with zero attached hydrogens (tertiary/aromatic N) is 8. The van der Waals surface area contributed by atoms with Crippen molar-refractivity contribution in [1.29, 1.82) is 0 Å². The van der Waals surface area contributed by atoms with Gasteiger partial charge in [0.2, 0.25) is 11.9 Å². The first-order valence-electron chi connectivity index (χ1n) is 19.0. The maximum absolute atomic E-state index is 12.1. The molecule has 57 heavy (non-hydrogen) atoms. The van der Waals surface area contributed by atoms with Crippen LogP contribution < -0.4 is 11.5 Å². The van der Waals surface area contributed by atoms with Gasteiger partial charge in [-0.25, -0.2) is 19.9 Å². The number of aryl methyl sites for hydroxylation is 2. The first-order valence-corrected chi connectivity index (χ1v) is 19.0. The molecule has 2 unspecified atom stereocenters. The largest absolute Gasteiger partial charge is 0.378 e. The molecule has 0 radical (unpaired) electrons. The first-order chi connectivity index (χ1) is 27.1. The fraction of sp³-hybridized carbons (Fsp3) is 0.261. The van der Waals surface area contributed by atoms with Crippen LogP contribution in [0.25, 0.3) is 44.1 Å². The third-order valence-corrected chi connectivity index (χ3v) is 10.7. The van der Waals surface area contributed by atoms with Crippen molar-refractivity contribution in [3.8, 4) is 22.3 Å². The zero-order valence-corrected chi connectivity index (χ0v) is 33.8. The zero-order valence-electron chi connectivity index (χ0n) is 33.8. The summed E-state index contributed by atoms with van der Waals surface area (Å²) in [6, 6.07) is 32.8. The molecule has 8 aromatic rings. The van der Waals surface area contributed by atoms with Gasteiger partial charge in [-0.3, -0.25) is 9.36 Å². The molecule has 290 valence electrons. The van der Waals surface area contributed by atoms with Gasteiger partial charge in [0.05, 0.1) is 16.7 Å². The molecule has 4 aromatic heterocycles. The minimum Gasteiger partial charge on any atom is -0.378 e. The Hall–Kier alpha value is -6.46. The smallest absolute Gasteiger partial charge is 0.219 e. The van der Waals surface area contributed by atoms with Gasteiger partial charge < -0.3 is 16.6 Å². The summed E-state index contributed by atoms with van der Waals surface area (Å²) in [7, 11) is 3.91. The molecular formula is C46H50N10O. The van der Waals surface area contributed by atoms with Crippen LogP contribution >= 0.6 is 0 Å². The Bertz CT molecular complexity index is 2630. The van der Waals surface area contributed by atoms with E-state index >= 15 is 0 Å². The summed E-state index contributed by atoms with van der Waals surface area (Å²) in [5.41, 5.74) is 19.2. The number of anilines is 2. The van der Waals surface area contributed by atoms with E-state index in [1.165, 1.54) is 10.9 Å². The summed E-state index contributed by atoms with van der Waals surface area (Å²) in [6.07, 6.45) is 6.90. The number of nitrogens with two attached hydrogens (primary N) is 2. The second kappa shape index (κ2) is 14.9. The first kappa shape index (κ1) is 38.8. The lowest BCUT2D eigenvalue weighted by Gasteiger charge is -2.40. The molecule has 0 aliphatic carbocycles. The van der Waals surface area contributed by atoms with Crippen molar-refractivity contribution >= 4 is 33.7 Å². The number of fused-ring (bicyclic) bond motifs is 2. The molecule has 0 saturated carbocycles. The Morgan fingerprint density at radius 1 is 0.544 bits per heavy atom. The lowest BCUT2D eigenvalue weighted by molar-refractivity contribution is -0.0287. The molecule has 11 nitrogen and oxygen atoms in total. The van der Waals surface area contributed by atoms with E-state index in [2.05, 4.69) is 89.2 Å². The minimum absolute atomic E-state index is 0.0168. The summed E-state index contributed by atoms with van der Waals surface area (Å²) in [6.45, 7) is 12.9. The number of hydrogen-bond acceptors (Lipinski definition) is 9. The highest BCUT2D eigenvalue weighted by Gasteiger charge is 2.46. The number of nitrogen functional groups attached to an aromatic ring is 2. The van der Waals surface area contributed by atoms with Crippen LogP contribution in [-0.4, -0.2) is 44.6 Å². The third kappa shape index (κ3) is 7.46. The van der Waals surface area contributed by atoms with Gasteiger partial charge in [0.15, 0.2) is 0 Å². The summed E-state index contributed by atoms with van der Waals surface area (Å²) >= 11 is 0. The monoisotopic (exact) mass is 758 g/mol. The lowest BCUT2D eigenvalue weighted by Crippen LogP contribution is -2.41. The van der Waals surface area contributed by atoms with Crippen molar-refractivity contribution in [2.45, 2.75) is 53.1 Å². The molecule has 0 aliphatic rings. The number of benzene rings is 4. The van der Waals surface area contributed by atoms with Gasteiger partial charge in [-0.05, 0) is 39.8 Å². The number of aliphatic hydroxyl groups is 1. The average molecular weight is 759 g/mol. The lowest BCUT2D eigenvalue weighted by atomic mass is 9.69. The van der Waals surface area contributed by atoms with E-state index in [1.807, 2.05) is 92.8 Å². The van der Waals surface area contributed by atoms with E-state index in [4.69, 9.17) is 21.7 Å². The molecular weight excluding hydrogens is 709 g/mol. The summed E-state index contributed by atoms with van der Waals surface area (Å²) < 4.78 is 3.80. The van der Waals surface area contributed by atoms with E-state index in [0.29, 0.717) is 5.69 Å². The van der Waals surface area contributed by atoms with Gasteiger partial charge >= 0.3 is 0 Å². The number of rotatable bonds is 6. The normalized spacial score (nSPS) is 13.6. The van der Waals surface area contributed by atoms with Crippen LogP contribution in [0.15, 0.2) is 122 Å². The highest BCUT2D eigenvalue weighted by Crippen LogP contribution is 2.47. The SMILES string of the molecule is Cn1nc(C(O)(c2ccc(-c3cnc(N)nc3)cc2)C(C)(C)C)c2ccccc21.Cn1nc(C(c2ccc(-c3cnc(N)nc3)cc2)C(C)(C)C)c2ccccc21. The van der Waals surface area contributed by atoms with E-state index in [-0.39, 0.29) is 23.2 Å². The van der Waals surface area contributed by atoms with Gasteiger partial charge in [0, 0.05) is 72.1 Å². The van der Waals surface area contributed by atoms with Crippen molar-refractivity contribution in [1.82, 2.24) is 39.5 Å². The van der Waals surface area contributed by atoms with E-state index in [1.54, 1.807) is 24.8 Å². The van der Waals surface area contributed by atoms with E-state index in [9.17, 15) is 5.11 Å². The van der Waals surface area contributed by atoms with Gasteiger partial charge in [-0.15, -0.1) is 0 Å². The summed E-state index contributed by atoms with van der Waals surface area (Å²) in [5.74, 6) is 0.708. The third-order valence-electron chi connectivity index (χ3n) is 10.7. The van der Waals surface area contributed by atoms with Gasteiger partial charge in [-0.1, -0.05) is 126 Å². The van der Waals surface area contributed by atoms with E-state index < -0.39 is 11.0 Å². The fourth-order valence-corrected chi connectivity index (χ4v) is 7.68. The Labute approximate surface area is 333 Å². The quantitative estimate of drug-likeness (QED) is 0.151. The maximum atomic E-state index is 12.1. The number of aromatic nitrogens is 8. The van der Waals surface area contributed by atoms with Crippen LogP contribution in [0.4, 0.5) is 11.9 Å². The molecule has 0 fully saturated rings. The van der Waals surface area contributed by atoms with Crippen LogP contribution in [0.1, 0.15) is 70.0 Å². The van der Waals surface area contributed by atoms with Crippen LogP contribution in [0.2, 0.25) is 0 Å². The molecule has 5 N–H and O–H groups in total. The molecule has 0 saturated heterocycles. The molecule has 4 heterocycles. The van der Waals surface area contributed by atoms with Crippen LogP contribution in [0.5, 0.6) is 0 Å². The molecule has 0 spiro atoms. The van der Waals surface area contributed by atoms with Gasteiger partial charge in [-0.2, -0.15) is 10.2 Å². The Morgan fingerprint density at radius 3 is 1.47 bits per heavy atom. The zero-order chi connectivity index (χ0) is 40.7. The molecule has 4 aromatic carbocycles. The van der Waals surface area contributed by atoms with Crippen molar-refractivity contribution in [3.05, 3.63) is 144 Å². The summed E-state index contributed by atoms with van der Waals surface area (Å²) in [5, 5.41) is 23.9. The summed E-state index contributed by atoms with van der Waals surface area (Å²) in [4.78, 5) is 16.3. The standard InChI is InChI=1S/C23H25N5O.C23H25N5/c1-22(2,3)23(29,20-18-7-5-6-8-19(18)28(4)27-20)17-11-9-15(10-12-17)16-13-25-21(24)26-14-16;1-23(2,3)20(21-18-7-5-6-8-19(18)28(4)27-21)16-11-9-15(10-12-16)17-13-25-22(24)26-14-17/h5-14,29H,1-4H3,(H2,24,25,26);5-14,20H,1-4H3,(H2,24,25,26). The van der Waals surface area contributed by atoms with Gasteiger partial charge in [0.25, 0.3) is 0 Å². The van der Waals surface area contributed by atoms with Crippen LogP contribution in [-0.2, 0) is 19.7 Å². The average Bonchev–Trinajstić information content (AvgIpc) is 3.71. The van der Waals surface area contributed by atoms with Gasteiger partial charge in [0.1, 0.15) is 11.3 Å². The van der Waals surface area contributed by atoms with Crippen molar-refractivity contribution < 1.29 is 5.11 Å². The predicted octanol–water partition coefficient (Wildman–Crippen LogP) is 8.69. The highest BCUT2D eigenvalue weighted by atomic mass is 16.3.